The van der Waals surface area contributed by atoms with Gasteiger partial charge in [0.1, 0.15) is 0 Å². The number of nitrogens with zero attached hydrogens (tertiary/aromatic N) is 2. The van der Waals surface area contributed by atoms with Crippen molar-refractivity contribution in [1.29, 1.82) is 0 Å². The molecule has 1 aliphatic rings. The zero-order valence-corrected chi connectivity index (χ0v) is 12.4. The minimum absolute atomic E-state index is 0.00156. The van der Waals surface area contributed by atoms with Crippen molar-refractivity contribution >= 4 is 23.5 Å². The summed E-state index contributed by atoms with van der Waals surface area (Å²) in [7, 11) is 1.85. The number of nitrogens with one attached hydrogen (secondary N) is 1. The molecule has 0 aromatic heterocycles. The van der Waals surface area contributed by atoms with Gasteiger partial charge in [0.25, 0.3) is 0 Å². The molecule has 1 aliphatic heterocycles. The van der Waals surface area contributed by atoms with Crippen LogP contribution >= 0.6 is 11.6 Å². The zero-order valence-electron chi connectivity index (χ0n) is 11.6. The van der Waals surface area contributed by atoms with Gasteiger partial charge in [-0.3, -0.25) is 14.6 Å². The molecule has 0 bridgehead atoms. The van der Waals surface area contributed by atoms with Gasteiger partial charge in [-0.15, -0.1) is 0 Å². The van der Waals surface area contributed by atoms with Gasteiger partial charge in [0.15, 0.2) is 0 Å². The molecular weight excluding hydrogens is 278 g/mol. The normalized spacial score (nSPS) is 16.4. The number of imide groups is 1. The average molecular weight is 296 g/mol. The Balaban J connectivity index is 2.01. The van der Waals surface area contributed by atoms with Crippen LogP contribution in [0.25, 0.3) is 0 Å². The topological polar surface area (TPSA) is 52.7 Å². The van der Waals surface area contributed by atoms with Gasteiger partial charge in [-0.2, -0.15) is 0 Å². The highest BCUT2D eigenvalue weighted by molar-refractivity contribution is 6.31. The van der Waals surface area contributed by atoms with E-state index in [2.05, 4.69) is 5.32 Å². The van der Waals surface area contributed by atoms with Gasteiger partial charge < -0.3 is 5.32 Å². The van der Waals surface area contributed by atoms with Crippen LogP contribution in [0.4, 0.5) is 4.79 Å². The van der Waals surface area contributed by atoms with Crippen LogP contribution in [0.1, 0.15) is 18.5 Å². The molecule has 1 heterocycles. The van der Waals surface area contributed by atoms with Crippen LogP contribution in [0.5, 0.6) is 0 Å². The van der Waals surface area contributed by atoms with Crippen LogP contribution in [-0.2, 0) is 4.79 Å². The first-order chi connectivity index (χ1) is 9.50. The highest BCUT2D eigenvalue weighted by Gasteiger charge is 2.27. The Morgan fingerprint density at radius 1 is 1.50 bits per heavy atom. The van der Waals surface area contributed by atoms with E-state index in [1.807, 2.05) is 43.1 Å². The van der Waals surface area contributed by atoms with E-state index < -0.39 is 0 Å². The summed E-state index contributed by atoms with van der Waals surface area (Å²) in [6.07, 6.45) is 0. The third kappa shape index (κ3) is 3.11. The summed E-state index contributed by atoms with van der Waals surface area (Å²) in [5, 5.41) is 3.30. The maximum Gasteiger partial charge on any atom is 0.324 e. The van der Waals surface area contributed by atoms with E-state index >= 15 is 0 Å². The van der Waals surface area contributed by atoms with Gasteiger partial charge in [0, 0.05) is 24.2 Å². The summed E-state index contributed by atoms with van der Waals surface area (Å²) in [6, 6.07) is 7.25. The molecule has 0 saturated carbocycles. The zero-order chi connectivity index (χ0) is 14.7. The highest BCUT2D eigenvalue weighted by atomic mass is 35.5. The van der Waals surface area contributed by atoms with Gasteiger partial charge in [0.2, 0.25) is 5.91 Å². The van der Waals surface area contributed by atoms with E-state index in [1.54, 1.807) is 0 Å². The molecule has 0 spiro atoms. The van der Waals surface area contributed by atoms with Gasteiger partial charge in [-0.1, -0.05) is 29.8 Å². The van der Waals surface area contributed by atoms with Crippen LogP contribution in [0.2, 0.25) is 5.02 Å². The van der Waals surface area contributed by atoms with Gasteiger partial charge in [-0.25, -0.2) is 4.79 Å². The molecule has 6 heteroatoms. The van der Waals surface area contributed by atoms with Crippen molar-refractivity contribution in [3.63, 3.8) is 0 Å². The number of hydrogen-bond acceptors (Lipinski definition) is 3. The molecule has 3 amide bonds. The molecule has 0 aliphatic carbocycles. The lowest BCUT2D eigenvalue weighted by atomic mass is 10.1. The monoisotopic (exact) mass is 295 g/mol. The number of hydrogen-bond donors (Lipinski definition) is 1. The first-order valence-electron chi connectivity index (χ1n) is 6.53. The summed E-state index contributed by atoms with van der Waals surface area (Å²) in [5.74, 6) is -0.193. The smallest absolute Gasteiger partial charge is 0.324 e. The summed E-state index contributed by atoms with van der Waals surface area (Å²) in [5.41, 5.74) is 0.968. The van der Waals surface area contributed by atoms with Gasteiger partial charge in [-0.05, 0) is 25.6 Å². The van der Waals surface area contributed by atoms with Crippen molar-refractivity contribution < 1.29 is 9.59 Å². The molecule has 2 rings (SSSR count). The number of urea groups is 1. The number of amides is 3. The summed E-state index contributed by atoms with van der Waals surface area (Å²) in [4.78, 5) is 26.7. The van der Waals surface area contributed by atoms with Crippen molar-refractivity contribution in [1.82, 2.24) is 15.1 Å². The van der Waals surface area contributed by atoms with E-state index in [9.17, 15) is 9.59 Å². The fourth-order valence-electron chi connectivity index (χ4n) is 2.20. The number of carbonyl (C=O) groups is 2. The third-order valence-corrected chi connectivity index (χ3v) is 3.90. The molecule has 1 aromatic carbocycles. The molecule has 1 aromatic rings. The lowest BCUT2D eigenvalue weighted by Gasteiger charge is -2.26. The number of likely N-dealkylation sites (N-methyl/N-ethyl adjacent to an activating group) is 1. The minimum Gasteiger partial charge on any atom is -0.336 e. The van der Waals surface area contributed by atoms with E-state index in [1.165, 1.54) is 4.90 Å². The van der Waals surface area contributed by atoms with Crippen molar-refractivity contribution in [3.05, 3.63) is 34.9 Å². The number of benzene rings is 1. The lowest BCUT2D eigenvalue weighted by molar-refractivity contribution is -0.128. The van der Waals surface area contributed by atoms with Crippen molar-refractivity contribution in [3.8, 4) is 0 Å². The first kappa shape index (κ1) is 14.8. The molecule has 0 radical (unpaired) electrons. The van der Waals surface area contributed by atoms with Gasteiger partial charge >= 0.3 is 6.03 Å². The van der Waals surface area contributed by atoms with Crippen LogP contribution in [0, 0.1) is 0 Å². The van der Waals surface area contributed by atoms with Gasteiger partial charge in [0.05, 0.1) is 6.54 Å². The Labute approximate surface area is 123 Å². The average Bonchev–Trinajstić information content (AvgIpc) is 2.84. The Morgan fingerprint density at radius 2 is 2.20 bits per heavy atom. The third-order valence-electron chi connectivity index (χ3n) is 3.56. The molecular formula is C14H18ClN3O2. The van der Waals surface area contributed by atoms with Crippen molar-refractivity contribution in [2.75, 3.05) is 26.7 Å². The predicted molar refractivity (Wildman–Crippen MR) is 77.6 cm³/mol. The molecule has 1 unspecified atom stereocenters. The summed E-state index contributed by atoms with van der Waals surface area (Å²) >= 11 is 6.16. The van der Waals surface area contributed by atoms with E-state index in [4.69, 9.17) is 11.6 Å². The largest absolute Gasteiger partial charge is 0.336 e. The van der Waals surface area contributed by atoms with E-state index in [-0.39, 0.29) is 24.5 Å². The predicted octanol–water partition coefficient (Wildman–Crippen LogP) is 1.88. The molecule has 1 saturated heterocycles. The first-order valence-corrected chi connectivity index (χ1v) is 6.91. The Kier molecular flexibility index (Phi) is 4.62. The Hall–Kier alpha value is -1.59. The molecule has 1 atom stereocenters. The van der Waals surface area contributed by atoms with Crippen LogP contribution in [0.15, 0.2) is 24.3 Å². The highest BCUT2D eigenvalue weighted by Crippen LogP contribution is 2.26. The maximum atomic E-state index is 12.1. The molecule has 1 N–H and O–H groups in total. The second-order valence-corrected chi connectivity index (χ2v) is 5.30. The molecule has 108 valence electrons. The van der Waals surface area contributed by atoms with E-state index in [0.717, 1.165) is 5.56 Å². The maximum absolute atomic E-state index is 12.1. The molecule has 1 fully saturated rings. The van der Waals surface area contributed by atoms with Crippen molar-refractivity contribution in [2.24, 2.45) is 0 Å². The Morgan fingerprint density at radius 3 is 2.80 bits per heavy atom. The fourth-order valence-corrected chi connectivity index (χ4v) is 2.49. The Bertz CT molecular complexity index is 521. The van der Waals surface area contributed by atoms with Crippen molar-refractivity contribution in [2.45, 2.75) is 13.0 Å². The van der Waals surface area contributed by atoms with Crippen LogP contribution in [-0.4, -0.2) is 48.4 Å². The number of rotatable bonds is 4. The molecule has 5 nitrogen and oxygen atoms in total. The molecule has 20 heavy (non-hydrogen) atoms. The second kappa shape index (κ2) is 6.24. The van der Waals surface area contributed by atoms with Crippen LogP contribution < -0.4 is 5.32 Å². The quantitative estimate of drug-likeness (QED) is 0.923. The standard InChI is InChI=1S/C14H18ClN3O2/c1-10(11-5-3-4-6-12(11)15)17(2)9-13(19)18-8-7-16-14(18)20/h3-6,10H,7-9H2,1-2H3,(H,16,20). The summed E-state index contributed by atoms with van der Waals surface area (Å²) < 4.78 is 0. The SMILES string of the molecule is CC(c1ccccc1Cl)N(C)CC(=O)N1CCNC1=O. The lowest BCUT2D eigenvalue weighted by Crippen LogP contribution is -2.41. The fraction of sp³-hybridized carbons (Fsp3) is 0.429. The minimum atomic E-state index is -0.311. The van der Waals surface area contributed by atoms with Crippen LogP contribution in [0.3, 0.4) is 0 Å². The second-order valence-electron chi connectivity index (χ2n) is 4.89. The summed E-state index contributed by atoms with van der Waals surface area (Å²) in [6.45, 7) is 3.12. The number of carbonyl (C=O) groups excluding carboxylic acids is 2. The van der Waals surface area contributed by atoms with E-state index in [0.29, 0.717) is 18.1 Å². The number of halogens is 1.